The number of nitrogens with zero attached hydrogens (tertiary/aromatic N) is 1. The van der Waals surface area contributed by atoms with E-state index >= 15 is 0 Å². The summed E-state index contributed by atoms with van der Waals surface area (Å²) in [5.41, 5.74) is 3.81. The second-order valence-corrected chi connectivity index (χ2v) is 9.49. The summed E-state index contributed by atoms with van der Waals surface area (Å²) < 4.78 is 5.87. The van der Waals surface area contributed by atoms with Gasteiger partial charge >= 0.3 is 0 Å². The number of thiocarbonyl (C=S) groups is 1. The Morgan fingerprint density at radius 1 is 0.943 bits per heavy atom. The zero-order valence-corrected chi connectivity index (χ0v) is 21.2. The van der Waals surface area contributed by atoms with Crippen molar-refractivity contribution in [3.63, 3.8) is 0 Å². The molecule has 0 aliphatic heterocycles. The minimum absolute atomic E-state index is 0.154. The number of aromatic nitrogens is 1. The van der Waals surface area contributed by atoms with Gasteiger partial charge in [0.1, 0.15) is 5.52 Å². The van der Waals surface area contributed by atoms with Crippen LogP contribution in [0.15, 0.2) is 71.1 Å². The monoisotopic (exact) mass is 539 g/mol. The van der Waals surface area contributed by atoms with Gasteiger partial charge < -0.3 is 9.73 Å². The summed E-state index contributed by atoms with van der Waals surface area (Å²) in [4.78, 5) is 17.5. The maximum absolute atomic E-state index is 13.0. The number of halogens is 3. The quantitative estimate of drug-likeness (QED) is 0.227. The summed E-state index contributed by atoms with van der Waals surface area (Å²) >= 11 is 24.0. The number of benzene rings is 4. The van der Waals surface area contributed by atoms with E-state index in [0.717, 1.165) is 16.3 Å². The third-order valence-corrected chi connectivity index (χ3v) is 6.52. The number of nitrogens with one attached hydrogen (secondary N) is 2. The van der Waals surface area contributed by atoms with E-state index in [0.29, 0.717) is 48.9 Å². The molecule has 0 aliphatic carbocycles. The number of anilines is 1. The van der Waals surface area contributed by atoms with Crippen LogP contribution in [0.25, 0.3) is 33.3 Å². The number of oxazole rings is 1. The van der Waals surface area contributed by atoms with E-state index in [-0.39, 0.29) is 11.0 Å². The van der Waals surface area contributed by atoms with Crippen LogP contribution in [0.1, 0.15) is 15.9 Å². The molecule has 0 bridgehead atoms. The SMILES string of the molecule is Cc1ccc(-c2nc3cc(Cl)cc(Cl)c3o2)cc1NC(=S)NC(=O)c1cccc2c(Cl)cccc12. The lowest BCUT2D eigenvalue weighted by atomic mass is 10.0. The number of amides is 1. The van der Waals surface area contributed by atoms with Gasteiger partial charge in [-0.05, 0) is 66.5 Å². The fourth-order valence-electron chi connectivity index (χ4n) is 3.77. The highest BCUT2D eigenvalue weighted by atomic mass is 35.5. The Hall–Kier alpha value is -3.16. The summed E-state index contributed by atoms with van der Waals surface area (Å²) in [5, 5.41) is 8.97. The van der Waals surface area contributed by atoms with Crippen molar-refractivity contribution in [3.05, 3.63) is 92.9 Å². The van der Waals surface area contributed by atoms with Crippen LogP contribution in [0.2, 0.25) is 15.1 Å². The number of rotatable bonds is 3. The molecule has 2 N–H and O–H groups in total. The van der Waals surface area contributed by atoms with Crippen LogP contribution in [-0.4, -0.2) is 16.0 Å². The highest BCUT2D eigenvalue weighted by molar-refractivity contribution is 7.80. The minimum atomic E-state index is -0.338. The molecule has 0 saturated carbocycles. The smallest absolute Gasteiger partial charge is 0.258 e. The lowest BCUT2D eigenvalue weighted by molar-refractivity contribution is 0.0979. The first-order valence-corrected chi connectivity index (χ1v) is 12.0. The van der Waals surface area contributed by atoms with Gasteiger partial charge in [-0.15, -0.1) is 0 Å². The molecule has 5 rings (SSSR count). The van der Waals surface area contributed by atoms with Crippen molar-refractivity contribution < 1.29 is 9.21 Å². The second-order valence-electron chi connectivity index (χ2n) is 7.83. The molecule has 0 fully saturated rings. The zero-order chi connectivity index (χ0) is 24.7. The van der Waals surface area contributed by atoms with Gasteiger partial charge in [0, 0.05) is 32.2 Å². The standard InChI is InChI=1S/C26H16Cl3N3O2S/c1-13-8-9-14(25-30-22-12-15(27)11-20(29)23(22)34-25)10-21(13)31-26(35)32-24(33)18-6-2-5-17-16(18)4-3-7-19(17)28/h2-12H,1H3,(H2,31,32,33,35). The van der Waals surface area contributed by atoms with Crippen LogP contribution < -0.4 is 10.6 Å². The van der Waals surface area contributed by atoms with E-state index in [4.69, 9.17) is 51.4 Å². The first-order valence-electron chi connectivity index (χ1n) is 10.5. The van der Waals surface area contributed by atoms with Gasteiger partial charge in [-0.1, -0.05) is 65.1 Å². The molecular weight excluding hydrogens is 525 g/mol. The van der Waals surface area contributed by atoms with Gasteiger partial charge in [-0.25, -0.2) is 4.98 Å². The molecule has 1 amide bonds. The van der Waals surface area contributed by atoms with Crippen molar-refractivity contribution in [2.24, 2.45) is 0 Å². The predicted octanol–water partition coefficient (Wildman–Crippen LogP) is 8.04. The maximum atomic E-state index is 13.0. The summed E-state index contributed by atoms with van der Waals surface area (Å²) in [6.07, 6.45) is 0. The Balaban J connectivity index is 1.39. The van der Waals surface area contributed by atoms with Gasteiger partial charge in [-0.3, -0.25) is 10.1 Å². The fourth-order valence-corrected chi connectivity index (χ4v) is 4.73. The van der Waals surface area contributed by atoms with E-state index in [2.05, 4.69) is 15.6 Å². The molecule has 0 aliphatic rings. The van der Waals surface area contributed by atoms with Crippen LogP contribution in [-0.2, 0) is 0 Å². The van der Waals surface area contributed by atoms with Gasteiger partial charge in [0.05, 0.1) is 5.02 Å². The molecule has 5 nitrogen and oxygen atoms in total. The van der Waals surface area contributed by atoms with Crippen molar-refractivity contribution in [3.8, 4) is 11.5 Å². The molecule has 1 aromatic heterocycles. The van der Waals surface area contributed by atoms with E-state index in [1.165, 1.54) is 0 Å². The van der Waals surface area contributed by atoms with Gasteiger partial charge in [-0.2, -0.15) is 0 Å². The van der Waals surface area contributed by atoms with Crippen molar-refractivity contribution in [1.82, 2.24) is 10.3 Å². The fraction of sp³-hybridized carbons (Fsp3) is 0.0385. The van der Waals surface area contributed by atoms with E-state index in [1.54, 1.807) is 36.4 Å². The Morgan fingerprint density at radius 2 is 1.71 bits per heavy atom. The average molecular weight is 541 g/mol. The third kappa shape index (κ3) is 4.70. The topological polar surface area (TPSA) is 67.2 Å². The van der Waals surface area contributed by atoms with Crippen molar-refractivity contribution in [2.45, 2.75) is 6.92 Å². The lowest BCUT2D eigenvalue weighted by Gasteiger charge is -2.13. The summed E-state index contributed by atoms with van der Waals surface area (Å²) in [5.74, 6) is 0.0458. The largest absolute Gasteiger partial charge is 0.435 e. The molecule has 35 heavy (non-hydrogen) atoms. The second kappa shape index (κ2) is 9.47. The predicted molar refractivity (Wildman–Crippen MR) is 147 cm³/mol. The van der Waals surface area contributed by atoms with E-state index in [9.17, 15) is 4.79 Å². The molecule has 0 radical (unpaired) electrons. The minimum Gasteiger partial charge on any atom is -0.435 e. The Kier molecular flexibility index (Phi) is 6.38. The highest BCUT2D eigenvalue weighted by Crippen LogP contribution is 2.33. The Bertz CT molecular complexity index is 1650. The maximum Gasteiger partial charge on any atom is 0.258 e. The highest BCUT2D eigenvalue weighted by Gasteiger charge is 2.16. The number of carbonyl (C=O) groups excluding carboxylic acids is 1. The van der Waals surface area contributed by atoms with Crippen LogP contribution in [0, 0.1) is 6.92 Å². The average Bonchev–Trinajstić information content (AvgIpc) is 3.25. The molecule has 9 heteroatoms. The first kappa shape index (κ1) is 23.6. The summed E-state index contributed by atoms with van der Waals surface area (Å²) in [6, 6.07) is 19.7. The van der Waals surface area contributed by atoms with Crippen molar-refractivity contribution >= 4 is 85.6 Å². The number of carbonyl (C=O) groups is 1. The van der Waals surface area contributed by atoms with Gasteiger partial charge in [0.15, 0.2) is 10.7 Å². The molecule has 5 aromatic rings. The lowest BCUT2D eigenvalue weighted by Crippen LogP contribution is -2.34. The number of hydrogen-bond acceptors (Lipinski definition) is 4. The third-order valence-electron chi connectivity index (χ3n) is 5.48. The molecule has 0 unspecified atom stereocenters. The van der Waals surface area contributed by atoms with Crippen LogP contribution in [0.3, 0.4) is 0 Å². The van der Waals surface area contributed by atoms with Crippen LogP contribution in [0.5, 0.6) is 0 Å². The van der Waals surface area contributed by atoms with Gasteiger partial charge in [0.2, 0.25) is 5.89 Å². The zero-order valence-electron chi connectivity index (χ0n) is 18.2. The molecule has 4 aromatic carbocycles. The first-order chi connectivity index (χ1) is 16.8. The van der Waals surface area contributed by atoms with Crippen molar-refractivity contribution in [2.75, 3.05) is 5.32 Å². The van der Waals surface area contributed by atoms with E-state index in [1.807, 2.05) is 37.3 Å². The summed E-state index contributed by atoms with van der Waals surface area (Å²) in [6.45, 7) is 1.92. The Labute approximate surface area is 221 Å². The molecule has 1 heterocycles. The molecule has 0 saturated heterocycles. The Morgan fingerprint density at radius 3 is 2.54 bits per heavy atom. The molecular formula is C26H16Cl3N3O2S. The van der Waals surface area contributed by atoms with Crippen LogP contribution >= 0.6 is 47.0 Å². The van der Waals surface area contributed by atoms with Crippen molar-refractivity contribution in [1.29, 1.82) is 0 Å². The van der Waals surface area contributed by atoms with E-state index < -0.39 is 0 Å². The van der Waals surface area contributed by atoms with Crippen LogP contribution in [0.4, 0.5) is 5.69 Å². The number of aryl methyl sites for hydroxylation is 1. The molecule has 0 spiro atoms. The molecule has 0 atom stereocenters. The summed E-state index contributed by atoms with van der Waals surface area (Å²) in [7, 11) is 0. The molecule has 174 valence electrons. The normalized spacial score (nSPS) is 11.1. The van der Waals surface area contributed by atoms with Gasteiger partial charge in [0.25, 0.3) is 5.91 Å². The number of fused-ring (bicyclic) bond motifs is 2. The number of hydrogen-bond donors (Lipinski definition) is 2.